The minimum Gasteiger partial charge on any atom is -0.493 e. The van der Waals surface area contributed by atoms with Gasteiger partial charge in [0.2, 0.25) is 5.76 Å². The van der Waals surface area contributed by atoms with E-state index in [-0.39, 0.29) is 29.9 Å². The number of ether oxygens (including phenoxy) is 2. The Bertz CT molecular complexity index is 1250. The molecule has 0 bridgehead atoms. The van der Waals surface area contributed by atoms with Crippen LogP contribution < -0.4 is 14.9 Å². The zero-order valence-corrected chi connectivity index (χ0v) is 19.4. The lowest BCUT2D eigenvalue weighted by Crippen LogP contribution is -2.32. The van der Waals surface area contributed by atoms with Gasteiger partial charge in [-0.25, -0.2) is 0 Å². The van der Waals surface area contributed by atoms with Crippen LogP contribution in [0.3, 0.4) is 0 Å². The smallest absolute Gasteiger partial charge is 0.290 e. The van der Waals surface area contributed by atoms with Gasteiger partial charge in [-0.05, 0) is 49.1 Å². The monoisotopic (exact) mass is 451 g/mol. The Labute approximate surface area is 192 Å². The van der Waals surface area contributed by atoms with Gasteiger partial charge in [-0.1, -0.05) is 31.5 Å². The number of aliphatic hydroxyl groups excluding tert-OH is 1. The first-order valence-electron chi connectivity index (χ1n) is 11.2. The van der Waals surface area contributed by atoms with Gasteiger partial charge in [0.25, 0.3) is 5.91 Å². The van der Waals surface area contributed by atoms with E-state index in [9.17, 15) is 14.7 Å². The van der Waals surface area contributed by atoms with Crippen LogP contribution in [-0.4, -0.2) is 42.8 Å². The van der Waals surface area contributed by atoms with Crippen LogP contribution in [0.25, 0.3) is 11.0 Å². The Hall–Kier alpha value is -3.32. The second-order valence-corrected chi connectivity index (χ2v) is 8.74. The van der Waals surface area contributed by atoms with Gasteiger partial charge in [-0.15, -0.1) is 0 Å². The maximum atomic E-state index is 13.5. The van der Waals surface area contributed by atoms with Crippen LogP contribution in [0.1, 0.15) is 53.6 Å². The number of carbonyl (C=O) groups excluding carboxylic acids is 1. The maximum Gasteiger partial charge on any atom is 0.290 e. The third-order valence-electron chi connectivity index (χ3n) is 5.92. The zero-order valence-electron chi connectivity index (χ0n) is 19.4. The number of carbonyl (C=O) groups is 1. The Morgan fingerprint density at radius 3 is 2.61 bits per heavy atom. The van der Waals surface area contributed by atoms with Crippen molar-refractivity contribution >= 4 is 16.9 Å². The van der Waals surface area contributed by atoms with E-state index in [0.29, 0.717) is 40.6 Å². The highest BCUT2D eigenvalue weighted by Crippen LogP contribution is 2.40. The number of amides is 1. The highest BCUT2D eigenvalue weighted by Gasteiger charge is 2.42. The molecule has 7 heteroatoms. The minimum absolute atomic E-state index is 0.0195. The Morgan fingerprint density at radius 1 is 1.12 bits per heavy atom. The standard InChI is InChI=1S/C26H29NO6/c1-15(2)9-12-32-20-8-6-17(14-21(20)31-4)23-22-24(29)18-13-16(3)5-7-19(18)33-25(22)26(30)27(23)10-11-28/h5-8,13-15,23,28H,9-12H2,1-4H3/t23-/m0/s1. The number of aliphatic hydroxyl groups is 1. The number of β-amino-alcohol motifs (C(OH)–C–C–N with tert-alkyl or cyclic N) is 1. The van der Waals surface area contributed by atoms with E-state index in [1.165, 1.54) is 4.90 Å². The SMILES string of the molecule is COc1cc([C@H]2c3c(oc4ccc(C)cc4c3=O)C(=O)N2CCO)ccc1OCCC(C)C. The van der Waals surface area contributed by atoms with Crippen LogP contribution in [0.5, 0.6) is 11.5 Å². The molecule has 1 N–H and O–H groups in total. The molecule has 174 valence electrons. The number of fused-ring (bicyclic) bond motifs is 2. The molecule has 1 aliphatic heterocycles. The van der Waals surface area contributed by atoms with E-state index < -0.39 is 11.9 Å². The van der Waals surface area contributed by atoms with Gasteiger partial charge in [0.15, 0.2) is 16.9 Å². The number of hydrogen-bond acceptors (Lipinski definition) is 6. The van der Waals surface area contributed by atoms with Gasteiger partial charge in [0.1, 0.15) is 5.58 Å². The number of hydrogen-bond donors (Lipinski definition) is 1. The summed E-state index contributed by atoms with van der Waals surface area (Å²) in [4.78, 5) is 28.2. The molecule has 4 rings (SSSR count). The first kappa shape index (κ1) is 22.9. The molecule has 0 radical (unpaired) electrons. The van der Waals surface area contributed by atoms with Crippen molar-refractivity contribution in [3.8, 4) is 11.5 Å². The normalized spacial score (nSPS) is 15.4. The molecule has 2 aromatic carbocycles. The van der Waals surface area contributed by atoms with E-state index >= 15 is 0 Å². The Balaban J connectivity index is 1.83. The average Bonchev–Trinajstić information content (AvgIpc) is 3.06. The van der Waals surface area contributed by atoms with Crippen LogP contribution >= 0.6 is 0 Å². The van der Waals surface area contributed by atoms with Crippen LogP contribution in [0.4, 0.5) is 0 Å². The first-order chi connectivity index (χ1) is 15.8. The Morgan fingerprint density at radius 2 is 1.91 bits per heavy atom. The fraction of sp³-hybridized carbons (Fsp3) is 0.385. The summed E-state index contributed by atoms with van der Waals surface area (Å²) in [6.45, 7) is 6.54. The summed E-state index contributed by atoms with van der Waals surface area (Å²) in [6, 6.07) is 10.0. The number of rotatable bonds is 8. The molecule has 0 fully saturated rings. The molecule has 0 saturated heterocycles. The third-order valence-corrected chi connectivity index (χ3v) is 5.92. The van der Waals surface area contributed by atoms with Gasteiger partial charge in [-0.2, -0.15) is 0 Å². The lowest BCUT2D eigenvalue weighted by molar-refractivity contribution is 0.0691. The molecule has 1 aliphatic rings. The van der Waals surface area contributed by atoms with E-state index in [4.69, 9.17) is 13.9 Å². The quantitative estimate of drug-likeness (QED) is 0.555. The van der Waals surface area contributed by atoms with Crippen molar-refractivity contribution in [2.75, 3.05) is 26.9 Å². The van der Waals surface area contributed by atoms with Gasteiger partial charge in [0.05, 0.1) is 37.3 Å². The molecule has 33 heavy (non-hydrogen) atoms. The number of benzene rings is 2. The van der Waals surface area contributed by atoms with Gasteiger partial charge >= 0.3 is 0 Å². The number of nitrogens with zero attached hydrogens (tertiary/aromatic N) is 1. The fourth-order valence-corrected chi connectivity index (χ4v) is 4.20. The maximum absolute atomic E-state index is 13.5. The lowest BCUT2D eigenvalue weighted by atomic mass is 9.97. The topological polar surface area (TPSA) is 89.2 Å². The van der Waals surface area contributed by atoms with Gasteiger partial charge < -0.3 is 23.9 Å². The molecule has 3 aromatic rings. The molecular formula is C26H29NO6. The molecule has 1 aromatic heterocycles. The van der Waals surface area contributed by atoms with Crippen molar-refractivity contribution in [1.82, 2.24) is 4.90 Å². The largest absolute Gasteiger partial charge is 0.493 e. The molecular weight excluding hydrogens is 422 g/mol. The molecule has 0 unspecified atom stereocenters. The fourth-order valence-electron chi connectivity index (χ4n) is 4.20. The van der Waals surface area contributed by atoms with Gasteiger partial charge in [0, 0.05) is 6.54 Å². The highest BCUT2D eigenvalue weighted by molar-refractivity contribution is 5.99. The summed E-state index contributed by atoms with van der Waals surface area (Å²) in [7, 11) is 1.55. The van der Waals surface area contributed by atoms with Crippen molar-refractivity contribution in [2.45, 2.75) is 33.2 Å². The van der Waals surface area contributed by atoms with Crippen molar-refractivity contribution in [3.05, 3.63) is 69.1 Å². The molecule has 0 saturated carbocycles. The summed E-state index contributed by atoms with van der Waals surface area (Å²) >= 11 is 0. The highest BCUT2D eigenvalue weighted by atomic mass is 16.5. The summed E-state index contributed by atoms with van der Waals surface area (Å²) in [5.74, 6) is 1.23. The van der Waals surface area contributed by atoms with Crippen molar-refractivity contribution in [3.63, 3.8) is 0 Å². The van der Waals surface area contributed by atoms with Crippen molar-refractivity contribution in [1.29, 1.82) is 0 Å². The third kappa shape index (κ3) is 4.20. The molecule has 1 atom stereocenters. The van der Waals surface area contributed by atoms with Gasteiger partial charge in [-0.3, -0.25) is 9.59 Å². The number of aryl methyl sites for hydroxylation is 1. The second kappa shape index (κ2) is 9.27. The van der Waals surface area contributed by atoms with Crippen LogP contribution in [0.2, 0.25) is 0 Å². The van der Waals surface area contributed by atoms with Crippen LogP contribution in [0, 0.1) is 12.8 Å². The second-order valence-electron chi connectivity index (χ2n) is 8.74. The van der Waals surface area contributed by atoms with Crippen molar-refractivity contribution < 1.29 is 23.8 Å². The number of methoxy groups -OCH3 is 1. The average molecular weight is 452 g/mol. The van der Waals surface area contributed by atoms with E-state index in [2.05, 4.69) is 13.8 Å². The van der Waals surface area contributed by atoms with E-state index in [0.717, 1.165) is 12.0 Å². The molecule has 2 heterocycles. The molecule has 7 nitrogen and oxygen atoms in total. The van der Waals surface area contributed by atoms with Crippen LogP contribution in [-0.2, 0) is 0 Å². The lowest BCUT2D eigenvalue weighted by Gasteiger charge is -2.25. The molecule has 0 aliphatic carbocycles. The predicted octanol–water partition coefficient (Wildman–Crippen LogP) is 4.07. The summed E-state index contributed by atoms with van der Waals surface area (Å²) in [5.41, 5.74) is 2.01. The molecule has 0 spiro atoms. The van der Waals surface area contributed by atoms with E-state index in [1.807, 2.05) is 19.1 Å². The Kier molecular flexibility index (Phi) is 6.42. The molecule has 1 amide bonds. The summed E-state index contributed by atoms with van der Waals surface area (Å²) in [5, 5.41) is 10.1. The predicted molar refractivity (Wildman–Crippen MR) is 125 cm³/mol. The summed E-state index contributed by atoms with van der Waals surface area (Å²) < 4.78 is 17.3. The minimum atomic E-state index is -0.695. The zero-order chi connectivity index (χ0) is 23.7. The van der Waals surface area contributed by atoms with Crippen LogP contribution in [0.15, 0.2) is 45.6 Å². The summed E-state index contributed by atoms with van der Waals surface area (Å²) in [6.07, 6.45) is 0.910. The van der Waals surface area contributed by atoms with E-state index in [1.54, 1.807) is 31.4 Å². The first-order valence-corrected chi connectivity index (χ1v) is 11.2. The van der Waals surface area contributed by atoms with Crippen molar-refractivity contribution in [2.24, 2.45) is 5.92 Å².